The third-order valence-electron chi connectivity index (χ3n) is 7.02. The van der Waals surface area contributed by atoms with Crippen LogP contribution in [0.1, 0.15) is 52.7 Å². The smallest absolute Gasteiger partial charge is 0.343 e. The fraction of sp³-hybridized carbons (Fsp3) is 0.200. The summed E-state index contributed by atoms with van der Waals surface area (Å²) in [6.07, 6.45) is 2.00. The van der Waals surface area contributed by atoms with Gasteiger partial charge in [0.15, 0.2) is 11.5 Å². The molecule has 0 amide bonds. The Labute approximate surface area is 250 Å². The number of ether oxygens (including phenoxy) is 5. The first-order valence-electron chi connectivity index (χ1n) is 14.0. The van der Waals surface area contributed by atoms with Gasteiger partial charge in [0.2, 0.25) is 5.88 Å². The van der Waals surface area contributed by atoms with Crippen molar-refractivity contribution in [1.29, 1.82) is 5.26 Å². The molecule has 1 heterocycles. The van der Waals surface area contributed by atoms with E-state index in [0.717, 1.165) is 24.0 Å². The summed E-state index contributed by atoms with van der Waals surface area (Å²) in [7, 11) is 1.56. The van der Waals surface area contributed by atoms with Gasteiger partial charge in [-0.3, -0.25) is 0 Å². The molecule has 0 aliphatic carbocycles. The molecule has 1 unspecified atom stereocenters. The molecular formula is C35H32N2O6. The number of fused-ring (bicyclic) bond motifs is 1. The van der Waals surface area contributed by atoms with Gasteiger partial charge in [0, 0.05) is 11.6 Å². The van der Waals surface area contributed by atoms with Crippen LogP contribution in [-0.2, 0) is 6.61 Å². The lowest BCUT2D eigenvalue weighted by molar-refractivity contribution is 0.0734. The topological polar surface area (TPSA) is 113 Å². The van der Waals surface area contributed by atoms with E-state index in [4.69, 9.17) is 29.4 Å². The van der Waals surface area contributed by atoms with Crippen LogP contribution in [0.25, 0.3) is 0 Å². The molecule has 218 valence electrons. The highest BCUT2D eigenvalue weighted by Crippen LogP contribution is 2.45. The van der Waals surface area contributed by atoms with Crippen molar-refractivity contribution >= 4 is 5.97 Å². The van der Waals surface area contributed by atoms with E-state index in [1.54, 1.807) is 49.6 Å². The molecule has 0 spiro atoms. The van der Waals surface area contributed by atoms with E-state index in [-0.39, 0.29) is 17.2 Å². The van der Waals surface area contributed by atoms with Crippen molar-refractivity contribution in [3.8, 4) is 34.8 Å². The lowest BCUT2D eigenvalue weighted by atomic mass is 9.83. The molecule has 8 nitrogen and oxygen atoms in total. The molecule has 1 aliphatic rings. The molecular weight excluding hydrogens is 544 g/mol. The Balaban J connectivity index is 1.36. The van der Waals surface area contributed by atoms with Crippen molar-refractivity contribution < 1.29 is 28.5 Å². The minimum Gasteiger partial charge on any atom is -0.494 e. The number of nitrogens with two attached hydrogens (primary N) is 1. The SMILES string of the molecule is CCCCOc1ccc(C(=O)Oc2ccc3c(c2)OC(N)=C(C#N)C3c2ccc(OCc3ccccc3)c(OC)c2)cc1. The Bertz CT molecular complexity index is 1660. The number of rotatable bonds is 11. The van der Waals surface area contributed by atoms with Gasteiger partial charge in [-0.2, -0.15) is 5.26 Å². The van der Waals surface area contributed by atoms with Crippen molar-refractivity contribution in [3.63, 3.8) is 0 Å². The predicted molar refractivity (Wildman–Crippen MR) is 161 cm³/mol. The number of benzene rings is 4. The third kappa shape index (κ3) is 6.74. The van der Waals surface area contributed by atoms with Crippen LogP contribution in [0.4, 0.5) is 0 Å². The number of esters is 1. The van der Waals surface area contributed by atoms with E-state index >= 15 is 0 Å². The summed E-state index contributed by atoms with van der Waals surface area (Å²) in [5.41, 5.74) is 9.33. The summed E-state index contributed by atoms with van der Waals surface area (Å²) < 4.78 is 28.8. The number of carbonyl (C=O) groups excluding carboxylic acids is 1. The monoisotopic (exact) mass is 576 g/mol. The zero-order chi connectivity index (χ0) is 30.2. The number of nitriles is 1. The lowest BCUT2D eigenvalue weighted by Gasteiger charge is -2.27. The van der Waals surface area contributed by atoms with Crippen molar-refractivity contribution in [1.82, 2.24) is 0 Å². The van der Waals surface area contributed by atoms with Crippen LogP contribution in [0.5, 0.6) is 28.7 Å². The summed E-state index contributed by atoms with van der Waals surface area (Å²) >= 11 is 0. The first-order chi connectivity index (χ1) is 21.0. The Hall–Kier alpha value is -5.42. The second-order valence-corrected chi connectivity index (χ2v) is 9.92. The van der Waals surface area contributed by atoms with Crippen LogP contribution in [0.15, 0.2) is 102 Å². The molecule has 5 rings (SSSR count). The van der Waals surface area contributed by atoms with Crippen LogP contribution < -0.4 is 29.4 Å². The quantitative estimate of drug-likeness (QED) is 0.117. The van der Waals surface area contributed by atoms with Crippen LogP contribution in [0.3, 0.4) is 0 Å². The van der Waals surface area contributed by atoms with Gasteiger partial charge in [0.25, 0.3) is 0 Å². The molecule has 0 radical (unpaired) electrons. The minimum atomic E-state index is -0.532. The number of carbonyl (C=O) groups is 1. The molecule has 0 fully saturated rings. The zero-order valence-corrected chi connectivity index (χ0v) is 24.0. The molecule has 43 heavy (non-hydrogen) atoms. The Morgan fingerprint density at radius 1 is 0.930 bits per heavy atom. The highest BCUT2D eigenvalue weighted by Gasteiger charge is 2.32. The Morgan fingerprint density at radius 3 is 2.42 bits per heavy atom. The standard InChI is InChI=1S/C35H32N2O6/c1-3-4-18-40-26-13-10-24(11-14-26)35(38)42-27-15-16-28-31(20-27)43-34(37)29(21-36)33(28)25-12-17-30(32(19-25)39-2)41-22-23-8-6-5-7-9-23/h5-17,19-20,33H,3-4,18,22,37H2,1-2H3. The van der Waals surface area contributed by atoms with Gasteiger partial charge in [-0.15, -0.1) is 0 Å². The maximum Gasteiger partial charge on any atom is 0.343 e. The maximum absolute atomic E-state index is 12.8. The fourth-order valence-corrected chi connectivity index (χ4v) is 4.75. The third-order valence-corrected chi connectivity index (χ3v) is 7.02. The van der Waals surface area contributed by atoms with E-state index in [1.807, 2.05) is 48.5 Å². The van der Waals surface area contributed by atoms with Gasteiger partial charge in [-0.05, 0) is 60.0 Å². The minimum absolute atomic E-state index is 0.0227. The van der Waals surface area contributed by atoms with Gasteiger partial charge in [0.1, 0.15) is 35.5 Å². The predicted octanol–water partition coefficient (Wildman–Crippen LogP) is 6.89. The van der Waals surface area contributed by atoms with Gasteiger partial charge in [-0.25, -0.2) is 4.79 Å². The first-order valence-corrected chi connectivity index (χ1v) is 14.0. The number of allylic oxidation sites excluding steroid dienone is 1. The molecule has 0 bridgehead atoms. The second-order valence-electron chi connectivity index (χ2n) is 9.92. The molecule has 0 saturated heterocycles. The summed E-state index contributed by atoms with van der Waals surface area (Å²) in [5.74, 6) is 1.37. The van der Waals surface area contributed by atoms with Crippen LogP contribution in [0.2, 0.25) is 0 Å². The summed E-state index contributed by atoms with van der Waals surface area (Å²) in [4.78, 5) is 12.8. The average Bonchev–Trinajstić information content (AvgIpc) is 3.04. The molecule has 0 aromatic heterocycles. The number of hydrogen-bond acceptors (Lipinski definition) is 8. The second kappa shape index (κ2) is 13.5. The number of nitrogens with zero attached hydrogens (tertiary/aromatic N) is 1. The van der Waals surface area contributed by atoms with E-state index in [1.165, 1.54) is 0 Å². The lowest BCUT2D eigenvalue weighted by Crippen LogP contribution is -2.21. The molecule has 4 aromatic carbocycles. The van der Waals surface area contributed by atoms with Crippen LogP contribution in [0, 0.1) is 11.3 Å². The number of methoxy groups -OCH3 is 1. The first kappa shape index (κ1) is 29.1. The Kier molecular flexibility index (Phi) is 9.13. The average molecular weight is 577 g/mol. The largest absolute Gasteiger partial charge is 0.494 e. The van der Waals surface area contributed by atoms with Gasteiger partial charge in [0.05, 0.1) is 25.2 Å². The molecule has 0 saturated carbocycles. The summed E-state index contributed by atoms with van der Waals surface area (Å²) in [5, 5.41) is 9.99. The van der Waals surface area contributed by atoms with E-state index in [0.29, 0.717) is 47.3 Å². The van der Waals surface area contributed by atoms with Crippen molar-refractivity contribution in [2.45, 2.75) is 32.3 Å². The van der Waals surface area contributed by atoms with E-state index in [9.17, 15) is 10.1 Å². The normalized spacial score (nSPS) is 13.7. The van der Waals surface area contributed by atoms with Gasteiger partial charge < -0.3 is 29.4 Å². The molecule has 2 N–H and O–H groups in total. The molecule has 8 heteroatoms. The zero-order valence-electron chi connectivity index (χ0n) is 24.0. The summed E-state index contributed by atoms with van der Waals surface area (Å²) in [6, 6.07) is 29.4. The van der Waals surface area contributed by atoms with E-state index in [2.05, 4.69) is 13.0 Å². The summed E-state index contributed by atoms with van der Waals surface area (Å²) in [6.45, 7) is 3.10. The molecule has 1 atom stereocenters. The highest BCUT2D eigenvalue weighted by atomic mass is 16.5. The van der Waals surface area contributed by atoms with Crippen molar-refractivity contribution in [3.05, 3.63) is 125 Å². The maximum atomic E-state index is 12.8. The van der Waals surface area contributed by atoms with Crippen LogP contribution in [-0.4, -0.2) is 19.7 Å². The molecule has 1 aliphatic heterocycles. The number of unbranched alkanes of at least 4 members (excludes halogenated alkanes) is 1. The Morgan fingerprint density at radius 2 is 1.70 bits per heavy atom. The van der Waals surface area contributed by atoms with Gasteiger partial charge in [-0.1, -0.05) is 55.8 Å². The highest BCUT2D eigenvalue weighted by molar-refractivity contribution is 5.91. The van der Waals surface area contributed by atoms with Crippen LogP contribution >= 0.6 is 0 Å². The fourth-order valence-electron chi connectivity index (χ4n) is 4.75. The van der Waals surface area contributed by atoms with Crippen molar-refractivity contribution in [2.24, 2.45) is 5.73 Å². The van der Waals surface area contributed by atoms with E-state index < -0.39 is 11.9 Å². The van der Waals surface area contributed by atoms with Gasteiger partial charge >= 0.3 is 5.97 Å². The number of hydrogen-bond donors (Lipinski definition) is 1. The van der Waals surface area contributed by atoms with Crippen molar-refractivity contribution in [2.75, 3.05) is 13.7 Å². The molecule has 4 aromatic rings.